The van der Waals surface area contributed by atoms with Gasteiger partial charge in [-0.15, -0.1) is 0 Å². The van der Waals surface area contributed by atoms with E-state index in [0.717, 1.165) is 22.2 Å². The van der Waals surface area contributed by atoms with Gasteiger partial charge < -0.3 is 10.0 Å². The predicted molar refractivity (Wildman–Crippen MR) is 89.4 cm³/mol. The molecule has 0 radical (unpaired) electrons. The molecule has 1 aliphatic rings. The van der Waals surface area contributed by atoms with E-state index in [1.165, 1.54) is 4.90 Å². The van der Waals surface area contributed by atoms with E-state index in [1.54, 1.807) is 19.1 Å². The maximum absolute atomic E-state index is 12.5. The Labute approximate surface area is 139 Å². The Kier molecular flexibility index (Phi) is 5.79. The smallest absolute Gasteiger partial charge is 0.293 e. The standard InChI is InChI=1S/C16H20N2O4S/c1-3-17(8-9-19)14(20)10-13-15(21)18(16(22)23-13)12-6-4-11(2)5-7-12/h4-7,13,19H,3,8-10H2,1-2H3. The first-order valence-electron chi connectivity index (χ1n) is 7.47. The second kappa shape index (κ2) is 7.61. The van der Waals surface area contributed by atoms with Gasteiger partial charge in [0.2, 0.25) is 11.8 Å². The van der Waals surface area contributed by atoms with Gasteiger partial charge in [-0.05, 0) is 37.7 Å². The lowest BCUT2D eigenvalue weighted by Gasteiger charge is -2.20. The second-order valence-electron chi connectivity index (χ2n) is 5.28. The van der Waals surface area contributed by atoms with Crippen LogP contribution in [-0.2, 0) is 9.59 Å². The minimum absolute atomic E-state index is 0.0363. The first-order chi connectivity index (χ1) is 11.0. The minimum Gasteiger partial charge on any atom is -0.395 e. The fourth-order valence-corrected chi connectivity index (χ4v) is 3.36. The van der Waals surface area contributed by atoms with Crippen molar-refractivity contribution in [2.24, 2.45) is 0 Å². The minimum atomic E-state index is -0.705. The number of carbonyl (C=O) groups excluding carboxylic acids is 3. The number of thioether (sulfide) groups is 1. The summed E-state index contributed by atoms with van der Waals surface area (Å²) in [5.41, 5.74) is 1.56. The van der Waals surface area contributed by atoms with Crippen LogP contribution in [0.3, 0.4) is 0 Å². The highest BCUT2D eigenvalue weighted by Crippen LogP contribution is 2.33. The van der Waals surface area contributed by atoms with Crippen molar-refractivity contribution >= 4 is 34.5 Å². The van der Waals surface area contributed by atoms with Gasteiger partial charge in [-0.1, -0.05) is 17.7 Å². The van der Waals surface area contributed by atoms with Gasteiger partial charge in [-0.25, -0.2) is 4.90 Å². The largest absolute Gasteiger partial charge is 0.395 e. The molecular formula is C16H20N2O4S. The SMILES string of the molecule is CCN(CCO)C(=O)CC1SC(=O)N(c2ccc(C)cc2)C1=O. The fourth-order valence-electron chi connectivity index (χ4n) is 2.38. The van der Waals surface area contributed by atoms with Crippen molar-refractivity contribution in [1.82, 2.24) is 4.90 Å². The quantitative estimate of drug-likeness (QED) is 0.857. The summed E-state index contributed by atoms with van der Waals surface area (Å²) in [6.07, 6.45) is -0.0363. The van der Waals surface area contributed by atoms with Crippen LogP contribution in [0.5, 0.6) is 0 Å². The Morgan fingerprint density at radius 3 is 2.52 bits per heavy atom. The summed E-state index contributed by atoms with van der Waals surface area (Å²) in [5, 5.41) is 7.89. The molecule has 0 aliphatic carbocycles. The van der Waals surface area contributed by atoms with Crippen molar-refractivity contribution in [3.8, 4) is 0 Å². The van der Waals surface area contributed by atoms with Crippen molar-refractivity contribution in [2.75, 3.05) is 24.6 Å². The second-order valence-corrected chi connectivity index (χ2v) is 6.44. The topological polar surface area (TPSA) is 77.9 Å². The number of aliphatic hydroxyl groups is 1. The van der Waals surface area contributed by atoms with Gasteiger partial charge in [0.15, 0.2) is 0 Å². The number of anilines is 1. The Morgan fingerprint density at radius 2 is 1.96 bits per heavy atom. The normalized spacial score (nSPS) is 17.7. The predicted octanol–water partition coefficient (Wildman–Crippen LogP) is 1.79. The van der Waals surface area contributed by atoms with Crippen LogP contribution in [0.15, 0.2) is 24.3 Å². The maximum Gasteiger partial charge on any atom is 0.293 e. The highest BCUT2D eigenvalue weighted by atomic mass is 32.2. The number of hydrogen-bond donors (Lipinski definition) is 1. The third-order valence-corrected chi connectivity index (χ3v) is 4.72. The molecule has 124 valence electrons. The molecule has 1 atom stereocenters. The lowest BCUT2D eigenvalue weighted by atomic mass is 10.2. The summed E-state index contributed by atoms with van der Waals surface area (Å²) in [7, 11) is 0. The molecule has 3 amide bonds. The zero-order valence-electron chi connectivity index (χ0n) is 13.2. The molecule has 1 fully saturated rings. The van der Waals surface area contributed by atoms with Gasteiger partial charge in [0.25, 0.3) is 5.24 Å². The van der Waals surface area contributed by atoms with Crippen LogP contribution in [0.2, 0.25) is 0 Å². The molecule has 1 saturated heterocycles. The molecule has 1 unspecified atom stereocenters. The number of benzene rings is 1. The molecule has 0 aromatic heterocycles. The number of nitrogens with zero attached hydrogens (tertiary/aromatic N) is 2. The van der Waals surface area contributed by atoms with Crippen LogP contribution in [0.4, 0.5) is 10.5 Å². The number of aryl methyl sites for hydroxylation is 1. The van der Waals surface area contributed by atoms with Crippen LogP contribution in [0.1, 0.15) is 18.9 Å². The van der Waals surface area contributed by atoms with E-state index in [1.807, 2.05) is 19.1 Å². The summed E-state index contributed by atoms with van der Waals surface area (Å²) < 4.78 is 0. The van der Waals surface area contributed by atoms with E-state index < -0.39 is 5.25 Å². The molecule has 1 aromatic carbocycles. The molecule has 23 heavy (non-hydrogen) atoms. The first kappa shape index (κ1) is 17.5. The molecule has 2 rings (SSSR count). The highest BCUT2D eigenvalue weighted by Gasteiger charge is 2.41. The molecular weight excluding hydrogens is 316 g/mol. The lowest BCUT2D eigenvalue weighted by molar-refractivity contribution is -0.133. The number of imide groups is 1. The van der Waals surface area contributed by atoms with Gasteiger partial charge in [-0.3, -0.25) is 14.4 Å². The van der Waals surface area contributed by atoms with Crippen molar-refractivity contribution < 1.29 is 19.5 Å². The van der Waals surface area contributed by atoms with Crippen molar-refractivity contribution in [1.29, 1.82) is 0 Å². The number of likely N-dealkylation sites (N-methyl/N-ethyl adjacent to an activating group) is 1. The number of hydrogen-bond acceptors (Lipinski definition) is 5. The van der Waals surface area contributed by atoms with Gasteiger partial charge >= 0.3 is 0 Å². The van der Waals surface area contributed by atoms with E-state index >= 15 is 0 Å². The Balaban J connectivity index is 2.09. The van der Waals surface area contributed by atoms with E-state index in [4.69, 9.17) is 5.11 Å². The number of aliphatic hydroxyl groups excluding tert-OH is 1. The molecule has 7 heteroatoms. The third-order valence-electron chi connectivity index (χ3n) is 3.68. The van der Waals surface area contributed by atoms with E-state index in [-0.39, 0.29) is 36.6 Å². The third kappa shape index (κ3) is 3.92. The van der Waals surface area contributed by atoms with Gasteiger partial charge in [0, 0.05) is 19.5 Å². The Morgan fingerprint density at radius 1 is 1.30 bits per heavy atom. The number of amides is 3. The van der Waals surface area contributed by atoms with Crippen LogP contribution < -0.4 is 4.90 Å². The van der Waals surface area contributed by atoms with Gasteiger partial charge in [0.1, 0.15) is 5.25 Å². The average Bonchev–Trinajstić information content (AvgIpc) is 2.80. The van der Waals surface area contributed by atoms with Crippen molar-refractivity contribution in [3.63, 3.8) is 0 Å². The van der Waals surface area contributed by atoms with Crippen LogP contribution >= 0.6 is 11.8 Å². The molecule has 0 spiro atoms. The summed E-state index contributed by atoms with van der Waals surface area (Å²) >= 11 is 0.883. The summed E-state index contributed by atoms with van der Waals surface area (Å²) in [4.78, 5) is 39.4. The first-order valence-corrected chi connectivity index (χ1v) is 8.35. The van der Waals surface area contributed by atoms with Gasteiger partial charge in [0.05, 0.1) is 12.3 Å². The monoisotopic (exact) mass is 336 g/mol. The number of carbonyl (C=O) groups is 3. The highest BCUT2D eigenvalue weighted by molar-refractivity contribution is 8.15. The molecule has 1 N–H and O–H groups in total. The summed E-state index contributed by atoms with van der Waals surface area (Å²) in [5.74, 6) is -0.594. The molecule has 0 saturated carbocycles. The molecule has 1 aromatic rings. The molecule has 1 heterocycles. The zero-order valence-corrected chi connectivity index (χ0v) is 14.0. The average molecular weight is 336 g/mol. The maximum atomic E-state index is 12.5. The van der Waals surface area contributed by atoms with Crippen molar-refractivity contribution in [3.05, 3.63) is 29.8 Å². The van der Waals surface area contributed by atoms with Crippen molar-refractivity contribution in [2.45, 2.75) is 25.5 Å². The van der Waals surface area contributed by atoms with Gasteiger partial charge in [-0.2, -0.15) is 0 Å². The summed E-state index contributed by atoms with van der Waals surface area (Å²) in [6.45, 7) is 4.30. The summed E-state index contributed by atoms with van der Waals surface area (Å²) in [6, 6.07) is 7.11. The van der Waals surface area contributed by atoms with E-state index in [0.29, 0.717) is 12.2 Å². The van der Waals surface area contributed by atoms with Crippen LogP contribution in [0, 0.1) is 6.92 Å². The lowest BCUT2D eigenvalue weighted by Crippen LogP contribution is -2.37. The molecule has 1 aliphatic heterocycles. The Hall–Kier alpha value is -1.86. The zero-order chi connectivity index (χ0) is 17.0. The van der Waals surface area contributed by atoms with E-state index in [9.17, 15) is 14.4 Å². The Bertz CT molecular complexity index is 603. The number of rotatable bonds is 6. The molecule has 0 bridgehead atoms. The van der Waals surface area contributed by atoms with Crippen LogP contribution in [-0.4, -0.2) is 52.0 Å². The molecule has 6 nitrogen and oxygen atoms in total. The fraction of sp³-hybridized carbons (Fsp3) is 0.438. The van der Waals surface area contributed by atoms with E-state index in [2.05, 4.69) is 0 Å². The van der Waals surface area contributed by atoms with Crippen LogP contribution in [0.25, 0.3) is 0 Å².